The number of cyclic esters (lactones) is 2. The zero-order chi connectivity index (χ0) is 15.2. The molecule has 108 valence electrons. The van der Waals surface area contributed by atoms with Crippen LogP contribution in [0.4, 0.5) is 0 Å². The van der Waals surface area contributed by atoms with Crippen LogP contribution in [0.2, 0.25) is 0 Å². The number of nitrogens with zero attached hydrogens (tertiary/aromatic N) is 1. The van der Waals surface area contributed by atoms with Gasteiger partial charge in [-0.05, 0) is 5.56 Å². The molecule has 1 aromatic rings. The normalized spacial score (nSPS) is 24.3. The van der Waals surface area contributed by atoms with Crippen molar-refractivity contribution in [2.75, 3.05) is 13.2 Å². The first kappa shape index (κ1) is 15.1. The number of rotatable bonds is 2. The van der Waals surface area contributed by atoms with Crippen LogP contribution in [0, 0.1) is 0 Å². The average molecular weight is 286 g/mol. The second-order valence-corrected chi connectivity index (χ2v) is 4.60. The Hall–Kier alpha value is -2.31. The molecule has 1 aromatic carbocycles. The maximum absolute atomic E-state index is 12.1. The lowest BCUT2D eigenvalue weighted by Gasteiger charge is -2.15. The van der Waals surface area contributed by atoms with Gasteiger partial charge in [0.05, 0.1) is 12.3 Å². The van der Waals surface area contributed by atoms with E-state index in [2.05, 4.69) is 4.99 Å². The summed E-state index contributed by atoms with van der Waals surface area (Å²) < 4.78 is 10.1. The SMILES string of the molecule is [B]C([O-])=NC1COC(=O)CC(c2ccccc2)C(=O)OC1. The summed E-state index contributed by atoms with van der Waals surface area (Å²) in [6.45, 7) is -0.297. The van der Waals surface area contributed by atoms with E-state index in [1.165, 1.54) is 0 Å². The Balaban J connectivity index is 2.17. The number of carbonyl (C=O) groups excluding carboxylic acids is 2. The molecule has 7 heteroatoms. The number of esters is 2. The minimum Gasteiger partial charge on any atom is -0.870 e. The van der Waals surface area contributed by atoms with Gasteiger partial charge in [-0.15, -0.1) is 0 Å². The van der Waals surface area contributed by atoms with Gasteiger partial charge in [0.2, 0.25) is 0 Å². The third-order valence-corrected chi connectivity index (χ3v) is 3.02. The second kappa shape index (κ2) is 6.92. The van der Waals surface area contributed by atoms with Gasteiger partial charge in [-0.3, -0.25) is 9.59 Å². The molecule has 2 atom stereocenters. The van der Waals surface area contributed by atoms with E-state index in [1.807, 2.05) is 6.07 Å². The molecule has 0 aromatic heterocycles. The summed E-state index contributed by atoms with van der Waals surface area (Å²) in [5.74, 6) is -2.73. The first-order valence-electron chi connectivity index (χ1n) is 6.43. The molecule has 6 nitrogen and oxygen atoms in total. The Morgan fingerprint density at radius 1 is 1.19 bits per heavy atom. The van der Waals surface area contributed by atoms with E-state index >= 15 is 0 Å². The highest BCUT2D eigenvalue weighted by Gasteiger charge is 2.29. The van der Waals surface area contributed by atoms with E-state index in [0.29, 0.717) is 5.56 Å². The lowest BCUT2D eigenvalue weighted by Crippen LogP contribution is -2.27. The molecule has 0 amide bonds. The standard InChI is InChI=1S/C14H14BNO5/c15-14(19)16-10-7-20-12(17)6-11(13(18)21-8-10)9-4-2-1-3-5-9/h1-5,10-11H,6-8H2,(H,16,19)/p-1. The van der Waals surface area contributed by atoms with Crippen LogP contribution in [0.3, 0.4) is 0 Å². The van der Waals surface area contributed by atoms with E-state index < -0.39 is 29.7 Å². The molecule has 2 rings (SSSR count). The van der Waals surface area contributed by atoms with Gasteiger partial charge < -0.3 is 19.6 Å². The predicted octanol–water partition coefficient (Wildman–Crippen LogP) is -0.486. The van der Waals surface area contributed by atoms with Crippen LogP contribution in [0.5, 0.6) is 0 Å². The number of aliphatic imine (C=N–C) groups is 1. The summed E-state index contributed by atoms with van der Waals surface area (Å²) in [4.78, 5) is 27.4. The van der Waals surface area contributed by atoms with Crippen molar-refractivity contribution in [3.05, 3.63) is 35.9 Å². The highest BCUT2D eigenvalue weighted by atomic mass is 16.6. The van der Waals surface area contributed by atoms with Crippen LogP contribution in [0.25, 0.3) is 0 Å². The van der Waals surface area contributed by atoms with Gasteiger partial charge in [0, 0.05) is 0 Å². The monoisotopic (exact) mass is 286 g/mol. The fraction of sp³-hybridized carbons (Fsp3) is 0.357. The summed E-state index contributed by atoms with van der Waals surface area (Å²) in [6.07, 6.45) is -0.119. The van der Waals surface area contributed by atoms with Gasteiger partial charge >= 0.3 is 11.9 Å². The zero-order valence-electron chi connectivity index (χ0n) is 11.2. The lowest BCUT2D eigenvalue weighted by atomic mass is 9.96. The quantitative estimate of drug-likeness (QED) is 0.317. The van der Waals surface area contributed by atoms with Gasteiger partial charge in [0.15, 0.2) is 0 Å². The van der Waals surface area contributed by atoms with Crippen LogP contribution in [-0.2, 0) is 19.1 Å². The molecule has 1 aliphatic rings. The molecular weight excluding hydrogens is 273 g/mol. The van der Waals surface area contributed by atoms with Crippen LogP contribution in [0.1, 0.15) is 17.9 Å². The molecular formula is C14H13BNO5-. The Labute approximate surface area is 123 Å². The molecule has 0 N–H and O–H groups in total. The van der Waals surface area contributed by atoms with Gasteiger partial charge in [0.1, 0.15) is 27.1 Å². The van der Waals surface area contributed by atoms with Crippen molar-refractivity contribution in [3.8, 4) is 0 Å². The van der Waals surface area contributed by atoms with Crippen molar-refractivity contribution >= 4 is 25.6 Å². The van der Waals surface area contributed by atoms with Gasteiger partial charge in [0.25, 0.3) is 0 Å². The highest BCUT2D eigenvalue weighted by Crippen LogP contribution is 2.23. The topological polar surface area (TPSA) is 88.0 Å². The number of benzene rings is 1. The van der Waals surface area contributed by atoms with Crippen LogP contribution >= 0.6 is 0 Å². The molecule has 0 saturated carbocycles. The van der Waals surface area contributed by atoms with Crippen molar-refractivity contribution in [2.45, 2.75) is 18.4 Å². The number of hydrogen-bond donors (Lipinski definition) is 0. The summed E-state index contributed by atoms with van der Waals surface area (Å²) in [5.41, 5.74) is 0.671. The molecule has 2 unspecified atom stereocenters. The first-order chi connectivity index (χ1) is 10.1. The maximum atomic E-state index is 12.1. The largest absolute Gasteiger partial charge is 0.870 e. The van der Waals surface area contributed by atoms with Gasteiger partial charge in [-0.1, -0.05) is 36.1 Å². The summed E-state index contributed by atoms with van der Waals surface area (Å²) in [6, 6.07) is 8.05. The molecule has 1 heterocycles. The smallest absolute Gasteiger partial charge is 0.314 e. The zero-order valence-corrected chi connectivity index (χ0v) is 11.2. The third kappa shape index (κ3) is 4.34. The molecule has 0 bridgehead atoms. The molecule has 1 fully saturated rings. The van der Waals surface area contributed by atoms with Crippen LogP contribution < -0.4 is 5.11 Å². The lowest BCUT2D eigenvalue weighted by molar-refractivity contribution is -0.208. The van der Waals surface area contributed by atoms with Crippen LogP contribution in [0.15, 0.2) is 35.3 Å². The van der Waals surface area contributed by atoms with Gasteiger partial charge in [-0.2, -0.15) is 0 Å². The van der Waals surface area contributed by atoms with E-state index in [1.54, 1.807) is 24.3 Å². The fourth-order valence-electron chi connectivity index (χ4n) is 2.02. The Kier molecular flexibility index (Phi) is 4.97. The van der Waals surface area contributed by atoms with Crippen LogP contribution in [-0.4, -0.2) is 44.8 Å². The number of carbonyl (C=O) groups is 2. The second-order valence-electron chi connectivity index (χ2n) is 4.60. The Morgan fingerprint density at radius 2 is 1.86 bits per heavy atom. The maximum Gasteiger partial charge on any atom is 0.314 e. The van der Waals surface area contributed by atoms with Crippen molar-refractivity contribution in [1.29, 1.82) is 0 Å². The highest BCUT2D eigenvalue weighted by molar-refractivity contribution is 6.55. The van der Waals surface area contributed by atoms with E-state index in [-0.39, 0.29) is 19.6 Å². The van der Waals surface area contributed by atoms with E-state index in [4.69, 9.17) is 17.3 Å². The van der Waals surface area contributed by atoms with Crippen molar-refractivity contribution in [3.63, 3.8) is 0 Å². The Morgan fingerprint density at radius 3 is 2.52 bits per heavy atom. The van der Waals surface area contributed by atoms with Gasteiger partial charge in [-0.25, -0.2) is 0 Å². The minimum atomic E-state index is -0.897. The van der Waals surface area contributed by atoms with E-state index in [0.717, 1.165) is 0 Å². The molecule has 2 radical (unpaired) electrons. The molecule has 0 spiro atoms. The van der Waals surface area contributed by atoms with Crippen molar-refractivity contribution in [2.24, 2.45) is 4.99 Å². The predicted molar refractivity (Wildman–Crippen MR) is 72.7 cm³/mol. The fourth-order valence-corrected chi connectivity index (χ4v) is 2.02. The Bertz CT molecular complexity index is 542. The minimum absolute atomic E-state index is 0.119. The third-order valence-electron chi connectivity index (χ3n) is 3.02. The number of hydrogen-bond acceptors (Lipinski definition) is 6. The molecule has 1 aliphatic heterocycles. The molecule has 21 heavy (non-hydrogen) atoms. The molecule has 0 aliphatic carbocycles. The summed E-state index contributed by atoms with van der Waals surface area (Å²) >= 11 is 0. The first-order valence-corrected chi connectivity index (χ1v) is 6.43. The number of ether oxygens (including phenoxy) is 2. The summed E-state index contributed by atoms with van der Waals surface area (Å²) in [7, 11) is 4.95. The summed E-state index contributed by atoms with van der Waals surface area (Å²) in [5, 5.41) is 10.8. The average Bonchev–Trinajstić information content (AvgIpc) is 2.53. The van der Waals surface area contributed by atoms with E-state index in [9.17, 15) is 14.7 Å². The van der Waals surface area contributed by atoms with Crippen molar-refractivity contribution < 1.29 is 24.2 Å². The van der Waals surface area contributed by atoms with Crippen molar-refractivity contribution in [1.82, 2.24) is 0 Å². The molecule has 1 saturated heterocycles.